The van der Waals surface area contributed by atoms with Crippen LogP contribution in [0.1, 0.15) is 46.0 Å². The molecule has 0 amide bonds. The summed E-state index contributed by atoms with van der Waals surface area (Å²) in [4.78, 5) is 0. The maximum absolute atomic E-state index is 11.6. The van der Waals surface area contributed by atoms with Crippen LogP contribution in [-0.2, 0) is 9.84 Å². The van der Waals surface area contributed by atoms with Crippen molar-refractivity contribution in [3.63, 3.8) is 0 Å². The number of sulfone groups is 1. The summed E-state index contributed by atoms with van der Waals surface area (Å²) in [5.41, 5.74) is -0.704. The highest BCUT2D eigenvalue weighted by molar-refractivity contribution is 7.91. The van der Waals surface area contributed by atoms with E-state index in [4.69, 9.17) is 0 Å². The Bertz CT molecular complexity index is 336. The van der Waals surface area contributed by atoms with E-state index in [2.05, 4.69) is 5.32 Å². The Kier molecular flexibility index (Phi) is 4.98. The summed E-state index contributed by atoms with van der Waals surface area (Å²) >= 11 is 0. The highest BCUT2D eigenvalue weighted by Gasteiger charge is 2.35. The first kappa shape index (κ1) is 14.9. The Balaban J connectivity index is 2.57. The number of hydrogen-bond acceptors (Lipinski definition) is 4. The molecule has 0 bridgehead atoms. The Labute approximate surface area is 105 Å². The molecule has 1 aliphatic rings. The lowest BCUT2D eigenvalue weighted by Gasteiger charge is -2.29. The van der Waals surface area contributed by atoms with Crippen molar-refractivity contribution in [2.45, 2.75) is 62.8 Å². The third-order valence-electron chi connectivity index (χ3n) is 4.01. The van der Waals surface area contributed by atoms with Gasteiger partial charge in [-0.1, -0.05) is 20.3 Å². The molecule has 17 heavy (non-hydrogen) atoms. The summed E-state index contributed by atoms with van der Waals surface area (Å²) in [7, 11) is -2.98. The molecule has 2 atom stereocenters. The first-order chi connectivity index (χ1) is 7.82. The van der Waals surface area contributed by atoms with Crippen LogP contribution in [0.5, 0.6) is 0 Å². The van der Waals surface area contributed by atoms with E-state index in [0.29, 0.717) is 19.4 Å². The van der Waals surface area contributed by atoms with Crippen molar-refractivity contribution >= 4 is 9.84 Å². The molecule has 1 rings (SSSR count). The molecule has 0 radical (unpaired) electrons. The van der Waals surface area contributed by atoms with Gasteiger partial charge >= 0.3 is 0 Å². The summed E-state index contributed by atoms with van der Waals surface area (Å²) in [6.45, 7) is 4.39. The molecule has 0 aliphatic heterocycles. The smallest absolute Gasteiger partial charge is 0.151 e. The minimum absolute atomic E-state index is 0.00891. The normalized spacial score (nSPS) is 26.4. The van der Waals surface area contributed by atoms with Crippen molar-refractivity contribution in [2.24, 2.45) is 0 Å². The van der Waals surface area contributed by atoms with E-state index in [0.717, 1.165) is 19.3 Å². The summed E-state index contributed by atoms with van der Waals surface area (Å²) in [5, 5.41) is 13.1. The van der Waals surface area contributed by atoms with Crippen LogP contribution in [0, 0.1) is 0 Å². The van der Waals surface area contributed by atoms with Gasteiger partial charge in [0.2, 0.25) is 0 Å². The number of rotatable bonds is 6. The van der Waals surface area contributed by atoms with Gasteiger partial charge in [0.1, 0.15) is 0 Å². The van der Waals surface area contributed by atoms with Crippen LogP contribution in [0.25, 0.3) is 0 Å². The number of hydrogen-bond donors (Lipinski definition) is 2. The van der Waals surface area contributed by atoms with Crippen LogP contribution in [0.3, 0.4) is 0 Å². The van der Waals surface area contributed by atoms with E-state index in [-0.39, 0.29) is 11.3 Å². The standard InChI is InChI=1S/C12H25NO3S/c1-4-12(14,5-2)9-13-10-7-6-8-11(10)17(3,15)16/h10-11,13-14H,4-9H2,1-3H3. The summed E-state index contributed by atoms with van der Waals surface area (Å²) in [6, 6.07) is 0.00891. The van der Waals surface area contributed by atoms with Crippen molar-refractivity contribution < 1.29 is 13.5 Å². The van der Waals surface area contributed by atoms with Crippen LogP contribution in [0.15, 0.2) is 0 Å². The molecular weight excluding hydrogens is 238 g/mol. The van der Waals surface area contributed by atoms with E-state index in [1.807, 2.05) is 13.8 Å². The van der Waals surface area contributed by atoms with Crippen LogP contribution < -0.4 is 5.32 Å². The second-order valence-electron chi connectivity index (χ2n) is 5.22. The highest BCUT2D eigenvalue weighted by Crippen LogP contribution is 2.25. The molecule has 1 aliphatic carbocycles. The van der Waals surface area contributed by atoms with Gasteiger partial charge in [0, 0.05) is 18.8 Å². The zero-order valence-corrected chi connectivity index (χ0v) is 11.9. The lowest BCUT2D eigenvalue weighted by molar-refractivity contribution is 0.0301. The predicted octanol–water partition coefficient (Wildman–Crippen LogP) is 1.09. The van der Waals surface area contributed by atoms with Crippen LogP contribution in [0.2, 0.25) is 0 Å². The number of nitrogens with one attached hydrogen (secondary N) is 1. The Morgan fingerprint density at radius 1 is 1.29 bits per heavy atom. The van der Waals surface area contributed by atoms with Crippen LogP contribution in [-0.4, -0.2) is 43.2 Å². The fraction of sp³-hybridized carbons (Fsp3) is 1.00. The maximum Gasteiger partial charge on any atom is 0.151 e. The summed E-state index contributed by atoms with van der Waals surface area (Å²) in [6.07, 6.45) is 5.27. The molecule has 0 saturated heterocycles. The molecule has 0 spiro atoms. The molecule has 5 heteroatoms. The summed E-state index contributed by atoms with van der Waals surface area (Å²) in [5.74, 6) is 0. The van der Waals surface area contributed by atoms with Gasteiger partial charge in [0.05, 0.1) is 10.9 Å². The first-order valence-electron chi connectivity index (χ1n) is 6.47. The van der Waals surface area contributed by atoms with Gasteiger partial charge in [0.25, 0.3) is 0 Å². The average molecular weight is 263 g/mol. The van der Waals surface area contributed by atoms with Crippen molar-refractivity contribution in [3.05, 3.63) is 0 Å². The molecule has 1 saturated carbocycles. The SMILES string of the molecule is CCC(O)(CC)CNC1CCCC1S(C)(=O)=O. The van der Waals surface area contributed by atoms with Gasteiger partial charge in [-0.3, -0.25) is 0 Å². The summed E-state index contributed by atoms with van der Waals surface area (Å²) < 4.78 is 23.2. The van der Waals surface area contributed by atoms with Gasteiger partial charge in [-0.15, -0.1) is 0 Å². The largest absolute Gasteiger partial charge is 0.389 e. The fourth-order valence-corrected chi connectivity index (χ4v) is 3.92. The maximum atomic E-state index is 11.6. The zero-order valence-electron chi connectivity index (χ0n) is 11.1. The lowest BCUT2D eigenvalue weighted by Crippen LogP contribution is -2.47. The molecule has 102 valence electrons. The average Bonchev–Trinajstić information content (AvgIpc) is 2.74. The first-order valence-corrected chi connectivity index (χ1v) is 8.42. The molecule has 4 nitrogen and oxygen atoms in total. The molecule has 0 aromatic rings. The van der Waals surface area contributed by atoms with Crippen LogP contribution in [0.4, 0.5) is 0 Å². The van der Waals surface area contributed by atoms with Crippen molar-refractivity contribution in [1.82, 2.24) is 5.32 Å². The van der Waals surface area contributed by atoms with Gasteiger partial charge < -0.3 is 10.4 Å². The second-order valence-corrected chi connectivity index (χ2v) is 7.48. The topological polar surface area (TPSA) is 66.4 Å². The molecular formula is C12H25NO3S. The number of aliphatic hydroxyl groups is 1. The van der Waals surface area contributed by atoms with Gasteiger partial charge in [-0.25, -0.2) is 8.42 Å². The van der Waals surface area contributed by atoms with Crippen molar-refractivity contribution in [1.29, 1.82) is 0 Å². The van der Waals surface area contributed by atoms with Gasteiger partial charge in [-0.2, -0.15) is 0 Å². The molecule has 0 aromatic carbocycles. The predicted molar refractivity (Wildman–Crippen MR) is 69.8 cm³/mol. The van der Waals surface area contributed by atoms with Crippen molar-refractivity contribution in [2.75, 3.05) is 12.8 Å². The Morgan fingerprint density at radius 2 is 1.88 bits per heavy atom. The van der Waals surface area contributed by atoms with Gasteiger partial charge in [0.15, 0.2) is 9.84 Å². The van der Waals surface area contributed by atoms with E-state index < -0.39 is 15.4 Å². The molecule has 0 heterocycles. The van der Waals surface area contributed by atoms with E-state index in [1.165, 1.54) is 6.26 Å². The quantitative estimate of drug-likeness (QED) is 0.753. The molecule has 1 fully saturated rings. The monoisotopic (exact) mass is 263 g/mol. The zero-order chi connectivity index (χ0) is 13.1. The Morgan fingerprint density at radius 3 is 2.35 bits per heavy atom. The fourth-order valence-electron chi connectivity index (χ4n) is 2.49. The van der Waals surface area contributed by atoms with Crippen LogP contribution >= 0.6 is 0 Å². The lowest BCUT2D eigenvalue weighted by atomic mass is 9.97. The van der Waals surface area contributed by atoms with E-state index in [1.54, 1.807) is 0 Å². The third-order valence-corrected chi connectivity index (χ3v) is 5.68. The molecule has 2 N–H and O–H groups in total. The van der Waals surface area contributed by atoms with E-state index >= 15 is 0 Å². The Hall–Kier alpha value is -0.130. The minimum atomic E-state index is -2.98. The van der Waals surface area contributed by atoms with Gasteiger partial charge in [-0.05, 0) is 25.7 Å². The minimum Gasteiger partial charge on any atom is -0.389 e. The third kappa shape index (κ3) is 3.93. The molecule has 2 unspecified atom stereocenters. The molecule has 0 aromatic heterocycles. The van der Waals surface area contributed by atoms with Crippen molar-refractivity contribution in [3.8, 4) is 0 Å². The second kappa shape index (κ2) is 5.67. The van der Waals surface area contributed by atoms with E-state index in [9.17, 15) is 13.5 Å². The highest BCUT2D eigenvalue weighted by atomic mass is 32.2.